The van der Waals surface area contributed by atoms with Crippen LogP contribution in [-0.4, -0.2) is 15.0 Å². The summed E-state index contributed by atoms with van der Waals surface area (Å²) < 4.78 is 0. The molecule has 0 atom stereocenters. The van der Waals surface area contributed by atoms with Crippen LogP contribution >= 0.6 is 0 Å². The first-order chi connectivity index (χ1) is 5.58. The van der Waals surface area contributed by atoms with Crippen LogP contribution in [0, 0.1) is 13.8 Å². The molecule has 1 aromatic heterocycles. The average Bonchev–Trinajstić information content (AvgIpc) is 1.81. The Labute approximate surface area is 72.6 Å². The molecule has 3 nitrogen and oxygen atoms in total. The van der Waals surface area contributed by atoms with Gasteiger partial charge in [-0.25, -0.2) is 15.0 Å². The molecule has 1 rings (SSSR count). The van der Waals surface area contributed by atoms with Crippen LogP contribution in [0.3, 0.4) is 0 Å². The fraction of sp³-hybridized carbons (Fsp3) is 0.444. The molecule has 0 aliphatic carbocycles. The number of allylic oxidation sites excluding steroid dienone is 1. The van der Waals surface area contributed by atoms with E-state index in [1.165, 1.54) is 5.57 Å². The summed E-state index contributed by atoms with van der Waals surface area (Å²) in [6.45, 7) is 7.79. The van der Waals surface area contributed by atoms with E-state index < -0.39 is 0 Å². The van der Waals surface area contributed by atoms with Crippen LogP contribution in [0.15, 0.2) is 5.57 Å². The molecule has 0 spiro atoms. The van der Waals surface area contributed by atoms with Crippen LogP contribution in [-0.2, 0) is 0 Å². The largest absolute Gasteiger partial charge is 0.219 e. The zero-order valence-electron chi connectivity index (χ0n) is 7.92. The van der Waals surface area contributed by atoms with E-state index in [1.807, 2.05) is 33.8 Å². The quantitative estimate of drug-likeness (QED) is 0.634. The first kappa shape index (κ1) is 8.84. The predicted octanol–water partition coefficient (Wildman–Crippen LogP) is 1.91. The lowest BCUT2D eigenvalue weighted by Gasteiger charge is -1.97. The van der Waals surface area contributed by atoms with Gasteiger partial charge in [0.2, 0.25) is 0 Å². The van der Waals surface area contributed by atoms with Crippen LogP contribution < -0.4 is 0 Å². The Morgan fingerprint density at radius 3 is 1.92 bits per heavy atom. The summed E-state index contributed by atoms with van der Waals surface area (Å²) in [6.07, 6.45) is 1.95. The van der Waals surface area contributed by atoms with E-state index >= 15 is 0 Å². The van der Waals surface area contributed by atoms with E-state index in [1.54, 1.807) is 0 Å². The lowest BCUT2D eigenvalue weighted by atomic mass is 10.3. The second-order valence-corrected chi connectivity index (χ2v) is 3.01. The lowest BCUT2D eigenvalue weighted by molar-refractivity contribution is 0.906. The van der Waals surface area contributed by atoms with Crippen molar-refractivity contribution in [2.45, 2.75) is 27.7 Å². The monoisotopic (exact) mass is 163 g/mol. The molecule has 0 N–H and O–H groups in total. The first-order valence-corrected chi connectivity index (χ1v) is 3.92. The molecule has 0 unspecified atom stereocenters. The third kappa shape index (κ3) is 2.42. The SMILES string of the molecule is CC(C)=Cc1nc(C)nc(C)n1. The summed E-state index contributed by atoms with van der Waals surface area (Å²) in [6, 6.07) is 0. The van der Waals surface area contributed by atoms with Crippen molar-refractivity contribution in [3.8, 4) is 0 Å². The molecule has 12 heavy (non-hydrogen) atoms. The fourth-order valence-electron chi connectivity index (χ4n) is 0.963. The van der Waals surface area contributed by atoms with E-state index in [9.17, 15) is 0 Å². The maximum atomic E-state index is 4.18. The first-order valence-electron chi connectivity index (χ1n) is 3.92. The van der Waals surface area contributed by atoms with Gasteiger partial charge in [-0.3, -0.25) is 0 Å². The van der Waals surface area contributed by atoms with Gasteiger partial charge in [-0.05, 0) is 33.8 Å². The summed E-state index contributed by atoms with van der Waals surface area (Å²) in [5.41, 5.74) is 1.19. The zero-order chi connectivity index (χ0) is 9.14. The van der Waals surface area contributed by atoms with Gasteiger partial charge in [-0.2, -0.15) is 0 Å². The maximum Gasteiger partial charge on any atom is 0.156 e. The number of nitrogens with zero attached hydrogens (tertiary/aromatic N) is 3. The Morgan fingerprint density at radius 2 is 1.50 bits per heavy atom. The van der Waals surface area contributed by atoms with Crippen molar-refractivity contribution in [3.05, 3.63) is 23.0 Å². The number of rotatable bonds is 1. The van der Waals surface area contributed by atoms with E-state index in [-0.39, 0.29) is 0 Å². The second-order valence-electron chi connectivity index (χ2n) is 3.01. The highest BCUT2D eigenvalue weighted by atomic mass is 15.0. The third-order valence-electron chi connectivity index (χ3n) is 1.29. The molecule has 0 amide bonds. The number of aryl methyl sites for hydroxylation is 2. The standard InChI is InChI=1S/C9H13N3/c1-6(2)5-9-11-7(3)10-8(4)12-9/h5H,1-4H3. The highest BCUT2D eigenvalue weighted by Gasteiger charge is 1.96. The van der Waals surface area contributed by atoms with Crippen LogP contribution in [0.1, 0.15) is 31.3 Å². The Bertz CT molecular complexity index is 291. The van der Waals surface area contributed by atoms with E-state index in [2.05, 4.69) is 15.0 Å². The van der Waals surface area contributed by atoms with Crippen molar-refractivity contribution in [3.63, 3.8) is 0 Å². The average molecular weight is 163 g/mol. The Kier molecular flexibility index (Phi) is 2.53. The van der Waals surface area contributed by atoms with Crippen molar-refractivity contribution in [2.24, 2.45) is 0 Å². The van der Waals surface area contributed by atoms with Crippen molar-refractivity contribution < 1.29 is 0 Å². The molecular weight excluding hydrogens is 150 g/mol. The lowest BCUT2D eigenvalue weighted by Crippen LogP contribution is -1.98. The zero-order valence-corrected chi connectivity index (χ0v) is 7.92. The Morgan fingerprint density at radius 1 is 1.00 bits per heavy atom. The topological polar surface area (TPSA) is 38.7 Å². The summed E-state index contributed by atoms with van der Waals surface area (Å²) in [7, 11) is 0. The van der Waals surface area contributed by atoms with Crippen molar-refractivity contribution in [1.82, 2.24) is 15.0 Å². The van der Waals surface area contributed by atoms with Gasteiger partial charge in [0, 0.05) is 0 Å². The van der Waals surface area contributed by atoms with Crippen molar-refractivity contribution in [2.75, 3.05) is 0 Å². The maximum absolute atomic E-state index is 4.18. The fourth-order valence-corrected chi connectivity index (χ4v) is 0.963. The van der Waals surface area contributed by atoms with E-state index in [0.717, 1.165) is 17.5 Å². The summed E-state index contributed by atoms with van der Waals surface area (Å²) >= 11 is 0. The summed E-state index contributed by atoms with van der Waals surface area (Å²) in [5.74, 6) is 2.30. The van der Waals surface area contributed by atoms with Crippen LogP contribution in [0.5, 0.6) is 0 Å². The predicted molar refractivity (Wildman–Crippen MR) is 48.6 cm³/mol. The molecule has 0 aliphatic rings. The molecule has 0 radical (unpaired) electrons. The summed E-state index contributed by atoms with van der Waals surface area (Å²) in [5, 5.41) is 0. The van der Waals surface area contributed by atoms with Crippen LogP contribution in [0.4, 0.5) is 0 Å². The van der Waals surface area contributed by atoms with E-state index in [0.29, 0.717) is 0 Å². The van der Waals surface area contributed by atoms with Gasteiger partial charge >= 0.3 is 0 Å². The molecule has 0 bridgehead atoms. The van der Waals surface area contributed by atoms with Gasteiger partial charge in [-0.15, -0.1) is 0 Å². The minimum absolute atomic E-state index is 0.750. The van der Waals surface area contributed by atoms with Gasteiger partial charge < -0.3 is 0 Å². The minimum atomic E-state index is 0.750. The van der Waals surface area contributed by atoms with Gasteiger partial charge in [0.05, 0.1) is 0 Å². The normalized spacial score (nSPS) is 9.67. The van der Waals surface area contributed by atoms with Crippen LogP contribution in [0.2, 0.25) is 0 Å². The smallest absolute Gasteiger partial charge is 0.156 e. The molecule has 0 fully saturated rings. The summed E-state index contributed by atoms with van der Waals surface area (Å²) in [4.78, 5) is 12.4. The molecule has 64 valence electrons. The van der Waals surface area contributed by atoms with Gasteiger partial charge in [0.15, 0.2) is 5.82 Å². The van der Waals surface area contributed by atoms with Gasteiger partial charge in [0.1, 0.15) is 11.6 Å². The Hall–Kier alpha value is -1.25. The highest BCUT2D eigenvalue weighted by molar-refractivity contribution is 5.43. The molecule has 0 saturated carbocycles. The molecule has 1 heterocycles. The van der Waals surface area contributed by atoms with Crippen LogP contribution in [0.25, 0.3) is 6.08 Å². The van der Waals surface area contributed by atoms with Crippen molar-refractivity contribution >= 4 is 6.08 Å². The molecular formula is C9H13N3. The second kappa shape index (κ2) is 3.43. The number of aromatic nitrogens is 3. The number of hydrogen-bond donors (Lipinski definition) is 0. The van der Waals surface area contributed by atoms with Crippen molar-refractivity contribution in [1.29, 1.82) is 0 Å². The molecule has 1 aromatic rings. The van der Waals surface area contributed by atoms with Gasteiger partial charge in [-0.1, -0.05) is 5.57 Å². The highest BCUT2D eigenvalue weighted by Crippen LogP contribution is 2.00. The van der Waals surface area contributed by atoms with E-state index in [4.69, 9.17) is 0 Å². The number of hydrogen-bond acceptors (Lipinski definition) is 3. The molecule has 0 saturated heterocycles. The third-order valence-corrected chi connectivity index (χ3v) is 1.29. The Balaban J connectivity index is 3.09. The minimum Gasteiger partial charge on any atom is -0.219 e. The van der Waals surface area contributed by atoms with Gasteiger partial charge in [0.25, 0.3) is 0 Å². The molecule has 0 aromatic carbocycles. The molecule has 0 aliphatic heterocycles. The molecule has 3 heteroatoms.